The van der Waals surface area contributed by atoms with Gasteiger partial charge >= 0.3 is 0 Å². The Morgan fingerprint density at radius 1 is 1.32 bits per heavy atom. The van der Waals surface area contributed by atoms with Gasteiger partial charge in [0.2, 0.25) is 11.8 Å². The fourth-order valence-corrected chi connectivity index (χ4v) is 2.31. The van der Waals surface area contributed by atoms with Crippen LogP contribution < -0.4 is 10.6 Å². The third-order valence-electron chi connectivity index (χ3n) is 3.62. The lowest BCUT2D eigenvalue weighted by Crippen LogP contribution is -2.45. The molecule has 22 heavy (non-hydrogen) atoms. The Bertz CT molecular complexity index is 521. The largest absolute Gasteiger partial charge is 0.472 e. The van der Waals surface area contributed by atoms with Gasteiger partial charge in [0.1, 0.15) is 12.3 Å². The second-order valence-electron chi connectivity index (χ2n) is 5.34. The first kappa shape index (κ1) is 16.1. The molecule has 1 fully saturated rings. The molecule has 0 saturated carbocycles. The molecule has 0 radical (unpaired) electrons. The summed E-state index contributed by atoms with van der Waals surface area (Å²) in [5.41, 5.74) is 0.365. The van der Waals surface area contributed by atoms with Crippen LogP contribution >= 0.6 is 0 Å². The summed E-state index contributed by atoms with van der Waals surface area (Å²) in [5, 5.41) is 5.23. The van der Waals surface area contributed by atoms with Crippen LogP contribution in [0.15, 0.2) is 23.0 Å². The van der Waals surface area contributed by atoms with Crippen molar-refractivity contribution in [2.75, 3.05) is 19.6 Å². The molecule has 2 heterocycles. The van der Waals surface area contributed by atoms with Gasteiger partial charge in [-0.1, -0.05) is 0 Å². The average molecular weight is 307 g/mol. The van der Waals surface area contributed by atoms with Crippen molar-refractivity contribution in [3.63, 3.8) is 0 Å². The van der Waals surface area contributed by atoms with Gasteiger partial charge < -0.3 is 20.0 Å². The third kappa shape index (κ3) is 4.34. The predicted molar refractivity (Wildman–Crippen MR) is 79.1 cm³/mol. The van der Waals surface area contributed by atoms with Gasteiger partial charge in [0, 0.05) is 26.1 Å². The zero-order valence-electron chi connectivity index (χ0n) is 12.6. The monoisotopic (exact) mass is 307 g/mol. The van der Waals surface area contributed by atoms with Crippen LogP contribution in [0.4, 0.5) is 0 Å². The molecule has 1 atom stereocenters. The van der Waals surface area contributed by atoms with Crippen LogP contribution in [0.5, 0.6) is 0 Å². The molecule has 0 aromatic carbocycles. The van der Waals surface area contributed by atoms with E-state index < -0.39 is 6.04 Å². The molecule has 1 aliphatic rings. The lowest BCUT2D eigenvalue weighted by molar-refractivity contribution is -0.130. The van der Waals surface area contributed by atoms with Crippen molar-refractivity contribution < 1.29 is 18.8 Å². The summed E-state index contributed by atoms with van der Waals surface area (Å²) in [5.74, 6) is -0.622. The van der Waals surface area contributed by atoms with Crippen molar-refractivity contribution in [2.24, 2.45) is 0 Å². The van der Waals surface area contributed by atoms with E-state index in [-0.39, 0.29) is 30.7 Å². The number of hydrogen-bond donors (Lipinski definition) is 2. The van der Waals surface area contributed by atoms with E-state index in [0.717, 1.165) is 25.9 Å². The number of rotatable bonds is 6. The Kier molecular flexibility index (Phi) is 5.57. The Balaban J connectivity index is 1.67. The molecule has 7 heteroatoms. The molecule has 1 aromatic rings. The van der Waals surface area contributed by atoms with Crippen molar-refractivity contribution in [1.29, 1.82) is 0 Å². The first-order valence-corrected chi connectivity index (χ1v) is 7.46. The van der Waals surface area contributed by atoms with Crippen molar-refractivity contribution in [3.8, 4) is 0 Å². The Morgan fingerprint density at radius 2 is 2.05 bits per heavy atom. The van der Waals surface area contributed by atoms with Gasteiger partial charge in [-0.25, -0.2) is 0 Å². The molecular formula is C15H21N3O4. The maximum Gasteiger partial charge on any atom is 0.255 e. The molecule has 3 amide bonds. The highest BCUT2D eigenvalue weighted by atomic mass is 16.3. The quantitative estimate of drug-likeness (QED) is 0.802. The van der Waals surface area contributed by atoms with E-state index in [9.17, 15) is 14.4 Å². The van der Waals surface area contributed by atoms with Crippen molar-refractivity contribution in [3.05, 3.63) is 24.2 Å². The molecule has 7 nitrogen and oxygen atoms in total. The van der Waals surface area contributed by atoms with E-state index in [2.05, 4.69) is 10.6 Å². The lowest BCUT2D eigenvalue weighted by atomic mass is 10.2. The zero-order valence-corrected chi connectivity index (χ0v) is 12.6. The van der Waals surface area contributed by atoms with Crippen LogP contribution in [-0.4, -0.2) is 48.3 Å². The Morgan fingerprint density at radius 3 is 2.68 bits per heavy atom. The Labute approximate surface area is 129 Å². The molecule has 1 aromatic heterocycles. The minimum atomic E-state index is -0.677. The van der Waals surface area contributed by atoms with Crippen LogP contribution in [0.25, 0.3) is 0 Å². The normalized spacial score (nSPS) is 15.4. The highest BCUT2D eigenvalue weighted by Gasteiger charge is 2.19. The number of likely N-dealkylation sites (tertiary alicyclic amines) is 1. The Hall–Kier alpha value is -2.31. The van der Waals surface area contributed by atoms with Crippen LogP contribution in [0.2, 0.25) is 0 Å². The average Bonchev–Trinajstić information content (AvgIpc) is 3.19. The smallest absolute Gasteiger partial charge is 0.255 e. The van der Waals surface area contributed by atoms with Gasteiger partial charge in [0.15, 0.2) is 0 Å². The molecule has 1 saturated heterocycles. The highest BCUT2D eigenvalue weighted by molar-refractivity contribution is 5.97. The number of furan rings is 1. The molecule has 0 unspecified atom stereocenters. The van der Waals surface area contributed by atoms with E-state index in [1.807, 2.05) is 4.90 Å². The standard InChI is InChI=1S/C15H21N3O4/c1-11(17-15(21)12-5-9-22-10-12)14(20)16-6-4-13(19)18-7-2-3-8-18/h5,9-11H,2-4,6-8H2,1H3,(H,16,20)(H,17,21)/t11-/m0/s1. The topological polar surface area (TPSA) is 91.6 Å². The summed E-state index contributed by atoms with van der Waals surface area (Å²) in [4.78, 5) is 37.3. The number of carbonyl (C=O) groups excluding carboxylic acids is 3. The van der Waals surface area contributed by atoms with Gasteiger partial charge in [-0.05, 0) is 25.8 Å². The summed E-state index contributed by atoms with van der Waals surface area (Å²) in [7, 11) is 0. The first-order chi connectivity index (χ1) is 10.6. The number of nitrogens with one attached hydrogen (secondary N) is 2. The van der Waals surface area contributed by atoms with E-state index >= 15 is 0 Å². The van der Waals surface area contributed by atoms with Crippen LogP contribution in [0.3, 0.4) is 0 Å². The maximum atomic E-state index is 11.9. The second-order valence-corrected chi connectivity index (χ2v) is 5.34. The summed E-state index contributed by atoms with van der Waals surface area (Å²) in [6.07, 6.45) is 5.09. The van der Waals surface area contributed by atoms with Gasteiger partial charge in [-0.3, -0.25) is 14.4 Å². The highest BCUT2D eigenvalue weighted by Crippen LogP contribution is 2.08. The number of amides is 3. The van der Waals surface area contributed by atoms with Crippen LogP contribution in [0.1, 0.15) is 36.5 Å². The SMILES string of the molecule is C[C@H](NC(=O)c1ccoc1)C(=O)NCCC(=O)N1CCCC1. The number of nitrogens with zero attached hydrogens (tertiary/aromatic N) is 1. The molecule has 0 spiro atoms. The van der Waals surface area contributed by atoms with Gasteiger partial charge in [0.05, 0.1) is 11.8 Å². The molecule has 0 bridgehead atoms. The third-order valence-corrected chi connectivity index (χ3v) is 3.62. The van der Waals surface area contributed by atoms with Gasteiger partial charge in [-0.2, -0.15) is 0 Å². The van der Waals surface area contributed by atoms with E-state index in [0.29, 0.717) is 5.56 Å². The van der Waals surface area contributed by atoms with Crippen LogP contribution in [-0.2, 0) is 9.59 Å². The van der Waals surface area contributed by atoms with Crippen molar-refractivity contribution in [1.82, 2.24) is 15.5 Å². The summed E-state index contributed by atoms with van der Waals surface area (Å²) >= 11 is 0. The minimum Gasteiger partial charge on any atom is -0.472 e. The molecule has 2 N–H and O–H groups in total. The summed E-state index contributed by atoms with van der Waals surface area (Å²) < 4.78 is 4.81. The molecule has 1 aliphatic heterocycles. The van der Waals surface area contributed by atoms with E-state index in [1.54, 1.807) is 6.92 Å². The molecule has 2 rings (SSSR count). The van der Waals surface area contributed by atoms with Crippen molar-refractivity contribution in [2.45, 2.75) is 32.2 Å². The van der Waals surface area contributed by atoms with E-state index in [4.69, 9.17) is 4.42 Å². The predicted octanol–water partition coefficient (Wildman–Crippen LogP) is 0.527. The summed E-state index contributed by atoms with van der Waals surface area (Å²) in [6.45, 7) is 3.49. The molecule has 0 aliphatic carbocycles. The number of hydrogen-bond acceptors (Lipinski definition) is 4. The van der Waals surface area contributed by atoms with Gasteiger partial charge in [-0.15, -0.1) is 0 Å². The first-order valence-electron chi connectivity index (χ1n) is 7.46. The number of carbonyl (C=O) groups is 3. The van der Waals surface area contributed by atoms with Crippen molar-refractivity contribution >= 4 is 17.7 Å². The molecular weight excluding hydrogens is 286 g/mol. The fourth-order valence-electron chi connectivity index (χ4n) is 2.31. The minimum absolute atomic E-state index is 0.0629. The fraction of sp³-hybridized carbons (Fsp3) is 0.533. The lowest BCUT2D eigenvalue weighted by Gasteiger charge is -2.16. The second kappa shape index (κ2) is 7.63. The summed E-state index contributed by atoms with van der Waals surface area (Å²) in [6, 6.07) is 0.846. The molecule has 120 valence electrons. The van der Waals surface area contributed by atoms with E-state index in [1.165, 1.54) is 18.6 Å². The van der Waals surface area contributed by atoms with Crippen LogP contribution in [0, 0.1) is 0 Å². The van der Waals surface area contributed by atoms with Gasteiger partial charge in [0.25, 0.3) is 5.91 Å². The zero-order chi connectivity index (χ0) is 15.9. The maximum absolute atomic E-state index is 11.9.